The monoisotopic (exact) mass is 478 g/mol. The van der Waals surface area contributed by atoms with Crippen LogP contribution in [0.4, 0.5) is 18.0 Å². The van der Waals surface area contributed by atoms with Crippen LogP contribution in [-0.2, 0) is 20.7 Å². The zero-order valence-electron chi connectivity index (χ0n) is 19.0. The Balaban J connectivity index is 2.57. The zero-order valence-corrected chi connectivity index (χ0v) is 19.0. The molecular formula is C22H33F3N2O6. The highest BCUT2D eigenvalue weighted by atomic mass is 19.4. The van der Waals surface area contributed by atoms with Gasteiger partial charge in [-0.15, -0.1) is 0 Å². The lowest BCUT2D eigenvalue weighted by molar-refractivity contribution is -0.150. The SMILES string of the molecule is CCCCOCCN(CCOc1ccc(CC(OCC)C(=O)O)cc1)C(=O)NCC(F)(F)F. The number of amides is 2. The molecule has 0 saturated heterocycles. The standard InChI is InChI=1S/C22H33F3N2O6/c1-3-5-12-31-13-10-27(21(30)26-16-22(23,24)25)11-14-33-18-8-6-17(7-9-18)15-19(20(28)29)32-4-2/h6-9,19H,3-5,10-16H2,1-2H3,(H,26,30)(H,28,29). The van der Waals surface area contributed by atoms with Gasteiger partial charge in [0.2, 0.25) is 0 Å². The summed E-state index contributed by atoms with van der Waals surface area (Å²) in [6.45, 7) is 3.57. The van der Waals surface area contributed by atoms with Crippen LogP contribution >= 0.6 is 0 Å². The van der Waals surface area contributed by atoms with Gasteiger partial charge in [0.25, 0.3) is 0 Å². The van der Waals surface area contributed by atoms with Gasteiger partial charge < -0.3 is 29.5 Å². The number of carbonyl (C=O) groups excluding carboxylic acids is 1. The highest BCUT2D eigenvalue weighted by molar-refractivity contribution is 5.74. The van der Waals surface area contributed by atoms with Crippen molar-refractivity contribution in [1.29, 1.82) is 0 Å². The molecule has 33 heavy (non-hydrogen) atoms. The number of carboxylic acid groups (broad SMARTS) is 1. The number of hydrogen-bond acceptors (Lipinski definition) is 5. The maximum absolute atomic E-state index is 12.4. The van der Waals surface area contributed by atoms with Gasteiger partial charge in [0, 0.05) is 26.2 Å². The summed E-state index contributed by atoms with van der Waals surface area (Å²) in [7, 11) is 0. The van der Waals surface area contributed by atoms with Crippen molar-refractivity contribution in [2.75, 3.05) is 46.1 Å². The third-order valence-corrected chi connectivity index (χ3v) is 4.49. The number of unbranched alkanes of at least 4 members (excludes halogenated alkanes) is 1. The summed E-state index contributed by atoms with van der Waals surface area (Å²) in [6, 6.07) is 5.88. The van der Waals surface area contributed by atoms with E-state index in [1.807, 2.05) is 12.2 Å². The molecule has 188 valence electrons. The number of ether oxygens (including phenoxy) is 3. The van der Waals surface area contributed by atoms with Crippen molar-refractivity contribution in [3.63, 3.8) is 0 Å². The third-order valence-electron chi connectivity index (χ3n) is 4.49. The number of hydrogen-bond donors (Lipinski definition) is 2. The first-order valence-corrected chi connectivity index (χ1v) is 10.9. The molecule has 0 fully saturated rings. The molecule has 1 aromatic carbocycles. The summed E-state index contributed by atoms with van der Waals surface area (Å²) in [4.78, 5) is 24.6. The van der Waals surface area contributed by atoms with Gasteiger partial charge in [-0.1, -0.05) is 25.5 Å². The highest BCUT2D eigenvalue weighted by Gasteiger charge is 2.28. The van der Waals surface area contributed by atoms with Gasteiger partial charge in [-0.3, -0.25) is 0 Å². The first kappa shape index (κ1) is 28.5. The highest BCUT2D eigenvalue weighted by Crippen LogP contribution is 2.15. The lowest BCUT2D eigenvalue weighted by atomic mass is 10.1. The Morgan fingerprint density at radius 3 is 2.33 bits per heavy atom. The Bertz CT molecular complexity index is 700. The summed E-state index contributed by atoms with van der Waals surface area (Å²) >= 11 is 0. The van der Waals surface area contributed by atoms with E-state index in [2.05, 4.69) is 0 Å². The molecule has 0 bridgehead atoms. The Labute approximate surface area is 192 Å². The van der Waals surface area contributed by atoms with E-state index in [1.165, 1.54) is 4.90 Å². The number of benzene rings is 1. The van der Waals surface area contributed by atoms with Gasteiger partial charge in [0.15, 0.2) is 6.10 Å². The summed E-state index contributed by atoms with van der Waals surface area (Å²) in [5.74, 6) is -0.559. The second kappa shape index (κ2) is 15.3. The average molecular weight is 479 g/mol. The van der Waals surface area contributed by atoms with Crippen LogP contribution in [0.5, 0.6) is 5.75 Å². The molecule has 0 heterocycles. The van der Waals surface area contributed by atoms with Gasteiger partial charge in [-0.25, -0.2) is 9.59 Å². The van der Waals surface area contributed by atoms with Crippen LogP contribution in [0.15, 0.2) is 24.3 Å². The van der Waals surface area contributed by atoms with E-state index in [9.17, 15) is 22.8 Å². The molecular weight excluding hydrogens is 445 g/mol. The van der Waals surface area contributed by atoms with Crippen molar-refractivity contribution in [3.05, 3.63) is 29.8 Å². The average Bonchev–Trinajstić information content (AvgIpc) is 2.76. The van der Waals surface area contributed by atoms with Crippen molar-refractivity contribution in [1.82, 2.24) is 10.2 Å². The van der Waals surface area contributed by atoms with Crippen LogP contribution < -0.4 is 10.1 Å². The minimum atomic E-state index is -4.50. The smallest absolute Gasteiger partial charge is 0.405 e. The summed E-state index contributed by atoms with van der Waals surface area (Å²) in [5.41, 5.74) is 0.751. The maximum Gasteiger partial charge on any atom is 0.405 e. The number of carboxylic acids is 1. The Morgan fingerprint density at radius 2 is 1.76 bits per heavy atom. The second-order valence-corrected chi connectivity index (χ2v) is 7.21. The van der Waals surface area contributed by atoms with E-state index in [-0.39, 0.29) is 39.3 Å². The molecule has 0 aliphatic rings. The number of halogens is 3. The minimum Gasteiger partial charge on any atom is -0.492 e. The largest absolute Gasteiger partial charge is 0.492 e. The van der Waals surface area contributed by atoms with Gasteiger partial charge in [0.1, 0.15) is 18.9 Å². The Morgan fingerprint density at radius 1 is 1.09 bits per heavy atom. The van der Waals surface area contributed by atoms with Crippen LogP contribution in [0.1, 0.15) is 32.3 Å². The van der Waals surface area contributed by atoms with E-state index in [4.69, 9.17) is 19.3 Å². The molecule has 0 radical (unpaired) electrons. The molecule has 1 rings (SSSR count). The fourth-order valence-corrected chi connectivity index (χ4v) is 2.75. The minimum absolute atomic E-state index is 0.0600. The molecule has 0 aromatic heterocycles. The van der Waals surface area contributed by atoms with Crippen LogP contribution in [0, 0.1) is 0 Å². The van der Waals surface area contributed by atoms with E-state index < -0.39 is 30.8 Å². The van der Waals surface area contributed by atoms with Crippen molar-refractivity contribution >= 4 is 12.0 Å². The number of urea groups is 1. The molecule has 1 aromatic rings. The van der Waals surface area contributed by atoms with E-state index in [0.717, 1.165) is 18.4 Å². The normalized spacial score (nSPS) is 12.3. The fraction of sp³-hybridized carbons (Fsp3) is 0.636. The van der Waals surface area contributed by atoms with Gasteiger partial charge >= 0.3 is 18.2 Å². The van der Waals surface area contributed by atoms with Crippen LogP contribution in [0.3, 0.4) is 0 Å². The number of alkyl halides is 3. The molecule has 0 aliphatic heterocycles. The number of nitrogens with one attached hydrogen (secondary N) is 1. The van der Waals surface area contributed by atoms with E-state index >= 15 is 0 Å². The Hall–Kier alpha value is -2.53. The quantitative estimate of drug-likeness (QED) is 0.353. The van der Waals surface area contributed by atoms with Gasteiger partial charge in [-0.2, -0.15) is 13.2 Å². The second-order valence-electron chi connectivity index (χ2n) is 7.21. The predicted molar refractivity (Wildman–Crippen MR) is 115 cm³/mol. The van der Waals surface area contributed by atoms with Crippen molar-refractivity contribution in [3.8, 4) is 5.75 Å². The first-order valence-electron chi connectivity index (χ1n) is 10.9. The summed E-state index contributed by atoms with van der Waals surface area (Å²) < 4.78 is 53.5. The van der Waals surface area contributed by atoms with Crippen LogP contribution in [-0.4, -0.2) is 80.3 Å². The number of carbonyl (C=O) groups is 2. The fourth-order valence-electron chi connectivity index (χ4n) is 2.75. The van der Waals surface area contributed by atoms with Crippen molar-refractivity contribution in [2.45, 2.75) is 45.4 Å². The number of rotatable bonds is 16. The molecule has 0 saturated carbocycles. The lowest BCUT2D eigenvalue weighted by Crippen LogP contribution is -2.46. The van der Waals surface area contributed by atoms with Crippen molar-refractivity contribution in [2.24, 2.45) is 0 Å². The lowest BCUT2D eigenvalue weighted by Gasteiger charge is -2.23. The van der Waals surface area contributed by atoms with E-state index in [0.29, 0.717) is 12.4 Å². The van der Waals surface area contributed by atoms with E-state index in [1.54, 1.807) is 31.2 Å². The molecule has 1 unspecified atom stereocenters. The first-order chi connectivity index (χ1) is 15.7. The number of nitrogens with zero attached hydrogens (tertiary/aromatic N) is 1. The van der Waals surface area contributed by atoms with Crippen LogP contribution in [0.25, 0.3) is 0 Å². The summed E-state index contributed by atoms with van der Waals surface area (Å²) in [5, 5.41) is 11.0. The molecule has 2 amide bonds. The molecule has 2 N–H and O–H groups in total. The molecule has 0 spiro atoms. The zero-order chi connectivity index (χ0) is 24.7. The molecule has 1 atom stereocenters. The molecule has 8 nitrogen and oxygen atoms in total. The third kappa shape index (κ3) is 12.9. The molecule has 11 heteroatoms. The Kier molecular flexibility index (Phi) is 13.2. The molecule has 0 aliphatic carbocycles. The van der Waals surface area contributed by atoms with Gasteiger partial charge in [-0.05, 0) is 31.0 Å². The topological polar surface area (TPSA) is 97.3 Å². The van der Waals surface area contributed by atoms with Crippen LogP contribution in [0.2, 0.25) is 0 Å². The summed E-state index contributed by atoms with van der Waals surface area (Å²) in [6.07, 6.45) is -3.43. The van der Waals surface area contributed by atoms with Crippen molar-refractivity contribution < 1.29 is 42.1 Å². The van der Waals surface area contributed by atoms with Gasteiger partial charge in [0.05, 0.1) is 13.2 Å². The number of aliphatic carboxylic acids is 1. The maximum atomic E-state index is 12.4. The predicted octanol–water partition coefficient (Wildman–Crippen LogP) is 3.49.